The van der Waals surface area contributed by atoms with Gasteiger partial charge in [0.05, 0.1) is 23.8 Å². The molecule has 0 bridgehead atoms. The van der Waals surface area contributed by atoms with E-state index >= 15 is 0 Å². The van der Waals surface area contributed by atoms with Gasteiger partial charge >= 0.3 is 0 Å². The largest absolute Gasteiger partial charge is 0.335 e. The Morgan fingerprint density at radius 1 is 1.42 bits per heavy atom. The van der Waals surface area contributed by atoms with Crippen LogP contribution in [0.15, 0.2) is 12.4 Å². The third kappa shape index (κ3) is 4.89. The number of carbonyl (C=O) groups is 1. The Labute approximate surface area is 157 Å². The van der Waals surface area contributed by atoms with Gasteiger partial charge in [0, 0.05) is 18.1 Å². The lowest BCUT2D eigenvalue weighted by Gasteiger charge is -2.22. The van der Waals surface area contributed by atoms with Crippen molar-refractivity contribution in [2.75, 3.05) is 20.1 Å². The molecule has 0 radical (unpaired) electrons. The minimum Gasteiger partial charge on any atom is -0.335 e. The van der Waals surface area contributed by atoms with E-state index in [1.54, 1.807) is 29.5 Å². The van der Waals surface area contributed by atoms with Crippen molar-refractivity contribution in [2.45, 2.75) is 32.4 Å². The summed E-state index contributed by atoms with van der Waals surface area (Å²) in [4.78, 5) is 19.4. The molecule has 2 aromatic heterocycles. The molecule has 1 aliphatic rings. The molecule has 3 heterocycles. The number of nitrogens with one attached hydrogen (secondary N) is 1. The Morgan fingerprint density at radius 3 is 2.75 bits per heavy atom. The van der Waals surface area contributed by atoms with Crippen molar-refractivity contribution in [3.8, 4) is 0 Å². The molecule has 2 aromatic rings. The highest BCUT2D eigenvalue weighted by Gasteiger charge is 2.21. The molecule has 0 atom stereocenters. The minimum atomic E-state index is -0.105. The number of rotatable bonds is 4. The average molecular weight is 393 g/mol. The van der Waals surface area contributed by atoms with Gasteiger partial charge in [-0.2, -0.15) is 0 Å². The summed E-state index contributed by atoms with van der Waals surface area (Å²) in [6.07, 6.45) is 5.63. The van der Waals surface area contributed by atoms with Gasteiger partial charge in [0.15, 0.2) is 5.69 Å². The van der Waals surface area contributed by atoms with Crippen LogP contribution >= 0.6 is 36.2 Å². The van der Waals surface area contributed by atoms with Crippen LogP contribution in [-0.2, 0) is 6.54 Å². The fraction of sp³-hybridized carbons (Fsp3) is 0.571. The lowest BCUT2D eigenvalue weighted by molar-refractivity contribution is 0.0780. The number of carbonyl (C=O) groups excluding carboxylic acids is 1. The van der Waals surface area contributed by atoms with E-state index in [1.807, 2.05) is 17.8 Å². The fourth-order valence-electron chi connectivity index (χ4n) is 2.60. The molecule has 24 heavy (non-hydrogen) atoms. The van der Waals surface area contributed by atoms with Crippen LogP contribution < -0.4 is 5.32 Å². The zero-order valence-electron chi connectivity index (χ0n) is 13.6. The van der Waals surface area contributed by atoms with Crippen LogP contribution in [0.2, 0.25) is 0 Å². The lowest BCUT2D eigenvalue weighted by Crippen LogP contribution is -2.29. The van der Waals surface area contributed by atoms with Gasteiger partial charge in [-0.1, -0.05) is 5.21 Å². The van der Waals surface area contributed by atoms with E-state index in [0.29, 0.717) is 18.3 Å². The van der Waals surface area contributed by atoms with Crippen molar-refractivity contribution in [3.63, 3.8) is 0 Å². The standard InChI is InChI=1S/C14H20N6OS.2ClH/c1-10-16-7-12(22-10)8-19(2)14(21)13-9-20(18-17-13)11-3-5-15-6-4-11;;/h7,9,11,15H,3-6,8H2,1-2H3;2*1H. The molecule has 10 heteroatoms. The Hall–Kier alpha value is -1.22. The van der Waals surface area contributed by atoms with Crippen molar-refractivity contribution in [1.82, 2.24) is 30.2 Å². The third-order valence-corrected chi connectivity index (χ3v) is 4.72. The van der Waals surface area contributed by atoms with Crippen molar-refractivity contribution in [2.24, 2.45) is 0 Å². The van der Waals surface area contributed by atoms with Crippen molar-refractivity contribution < 1.29 is 4.79 Å². The number of hydrogen-bond acceptors (Lipinski definition) is 6. The van der Waals surface area contributed by atoms with Crippen LogP contribution in [0.5, 0.6) is 0 Å². The highest BCUT2D eigenvalue weighted by atomic mass is 35.5. The second-order valence-corrected chi connectivity index (χ2v) is 6.89. The smallest absolute Gasteiger partial charge is 0.276 e. The quantitative estimate of drug-likeness (QED) is 0.861. The molecule has 1 aliphatic heterocycles. The molecule has 3 rings (SSSR count). The molecule has 7 nitrogen and oxygen atoms in total. The maximum atomic E-state index is 12.4. The molecule has 0 aromatic carbocycles. The molecule has 0 aliphatic carbocycles. The highest BCUT2D eigenvalue weighted by molar-refractivity contribution is 7.11. The molecule has 1 N–H and O–H groups in total. The van der Waals surface area contributed by atoms with Crippen LogP contribution in [0.4, 0.5) is 0 Å². The van der Waals surface area contributed by atoms with Crippen LogP contribution in [0.25, 0.3) is 0 Å². The van der Waals surface area contributed by atoms with E-state index in [1.165, 1.54) is 0 Å². The number of hydrogen-bond donors (Lipinski definition) is 1. The number of halogens is 2. The second kappa shape index (κ2) is 9.31. The average Bonchev–Trinajstić information content (AvgIpc) is 3.17. The highest BCUT2D eigenvalue weighted by Crippen LogP contribution is 2.18. The number of aromatic nitrogens is 4. The van der Waals surface area contributed by atoms with Gasteiger partial charge in [-0.25, -0.2) is 9.67 Å². The first-order valence-electron chi connectivity index (χ1n) is 7.43. The first-order chi connectivity index (χ1) is 10.6. The molecular weight excluding hydrogens is 371 g/mol. The summed E-state index contributed by atoms with van der Waals surface area (Å²) in [5.74, 6) is -0.105. The van der Waals surface area contributed by atoms with Crippen LogP contribution in [0.3, 0.4) is 0 Å². The zero-order chi connectivity index (χ0) is 15.5. The van der Waals surface area contributed by atoms with Crippen molar-refractivity contribution >= 4 is 42.1 Å². The predicted octanol–water partition coefficient (Wildman–Crippen LogP) is 2.08. The summed E-state index contributed by atoms with van der Waals surface area (Å²) < 4.78 is 1.83. The summed E-state index contributed by atoms with van der Waals surface area (Å²) in [5, 5.41) is 12.5. The number of piperidine rings is 1. The summed E-state index contributed by atoms with van der Waals surface area (Å²) in [5.41, 5.74) is 0.405. The fourth-order valence-corrected chi connectivity index (χ4v) is 3.45. The monoisotopic (exact) mass is 392 g/mol. The van der Waals surface area contributed by atoms with Crippen LogP contribution in [0, 0.1) is 6.92 Å². The van der Waals surface area contributed by atoms with E-state index in [-0.39, 0.29) is 30.7 Å². The number of thiazole rings is 1. The summed E-state index contributed by atoms with van der Waals surface area (Å²) in [6.45, 7) is 4.47. The predicted molar refractivity (Wildman–Crippen MR) is 98.3 cm³/mol. The molecule has 0 unspecified atom stereocenters. The Morgan fingerprint density at radius 2 is 2.12 bits per heavy atom. The van der Waals surface area contributed by atoms with Gasteiger partial charge in [-0.3, -0.25) is 4.79 Å². The van der Waals surface area contributed by atoms with E-state index in [9.17, 15) is 4.79 Å². The van der Waals surface area contributed by atoms with E-state index in [2.05, 4.69) is 20.6 Å². The summed E-state index contributed by atoms with van der Waals surface area (Å²) in [6, 6.07) is 0.338. The Kier molecular flexibility index (Phi) is 8.08. The maximum Gasteiger partial charge on any atom is 0.276 e. The SMILES string of the molecule is Cc1ncc(CN(C)C(=O)c2cn(C3CCNCC3)nn2)s1.Cl.Cl. The zero-order valence-corrected chi connectivity index (χ0v) is 16.1. The lowest BCUT2D eigenvalue weighted by atomic mass is 10.1. The first-order valence-corrected chi connectivity index (χ1v) is 8.24. The molecule has 0 spiro atoms. The second-order valence-electron chi connectivity index (χ2n) is 5.57. The van der Waals surface area contributed by atoms with E-state index in [0.717, 1.165) is 35.8 Å². The molecular formula is C14H22Cl2N6OS. The third-order valence-electron chi connectivity index (χ3n) is 3.82. The topological polar surface area (TPSA) is 75.9 Å². The van der Waals surface area contributed by atoms with Crippen LogP contribution in [0.1, 0.15) is 39.3 Å². The van der Waals surface area contributed by atoms with Gasteiger partial charge in [0.1, 0.15) is 0 Å². The summed E-state index contributed by atoms with van der Waals surface area (Å²) >= 11 is 1.60. The first kappa shape index (κ1) is 20.8. The molecule has 1 fully saturated rings. The molecule has 1 saturated heterocycles. The molecule has 1 amide bonds. The normalized spacial score (nSPS) is 14.6. The minimum absolute atomic E-state index is 0. The van der Waals surface area contributed by atoms with Gasteiger partial charge in [0.2, 0.25) is 0 Å². The number of aryl methyl sites for hydroxylation is 1. The molecule has 134 valence electrons. The maximum absolute atomic E-state index is 12.4. The van der Waals surface area contributed by atoms with Gasteiger partial charge < -0.3 is 10.2 Å². The number of amides is 1. The summed E-state index contributed by atoms with van der Waals surface area (Å²) in [7, 11) is 1.78. The Bertz CT molecular complexity index is 655. The van der Waals surface area contributed by atoms with Gasteiger partial charge in [-0.05, 0) is 32.9 Å². The van der Waals surface area contributed by atoms with E-state index in [4.69, 9.17) is 0 Å². The van der Waals surface area contributed by atoms with Gasteiger partial charge in [-0.15, -0.1) is 41.2 Å². The van der Waals surface area contributed by atoms with E-state index < -0.39 is 0 Å². The van der Waals surface area contributed by atoms with Crippen molar-refractivity contribution in [3.05, 3.63) is 28.0 Å². The van der Waals surface area contributed by atoms with Crippen LogP contribution in [-0.4, -0.2) is 50.9 Å². The Balaban J connectivity index is 0.00000144. The van der Waals surface area contributed by atoms with Crippen molar-refractivity contribution in [1.29, 1.82) is 0 Å². The number of nitrogens with zero attached hydrogens (tertiary/aromatic N) is 5. The van der Waals surface area contributed by atoms with Gasteiger partial charge in [0.25, 0.3) is 5.91 Å². The molecule has 0 saturated carbocycles.